The van der Waals surface area contributed by atoms with E-state index in [0.29, 0.717) is 12.0 Å². The molecule has 0 spiro atoms. The summed E-state index contributed by atoms with van der Waals surface area (Å²) in [6, 6.07) is 0.564. The van der Waals surface area contributed by atoms with Gasteiger partial charge in [-0.25, -0.2) is 0 Å². The lowest BCUT2D eigenvalue weighted by Crippen LogP contribution is -2.37. The van der Waals surface area contributed by atoms with Crippen LogP contribution in [0.25, 0.3) is 0 Å². The predicted molar refractivity (Wildman–Crippen MR) is 60.5 cm³/mol. The third kappa shape index (κ3) is 2.96. The van der Waals surface area contributed by atoms with Gasteiger partial charge in [0.05, 0.1) is 11.2 Å². The van der Waals surface area contributed by atoms with Crippen LogP contribution in [0.5, 0.6) is 0 Å². The van der Waals surface area contributed by atoms with Crippen molar-refractivity contribution in [3.8, 4) is 0 Å². The van der Waals surface area contributed by atoms with E-state index < -0.39 is 0 Å². The van der Waals surface area contributed by atoms with Crippen molar-refractivity contribution in [2.24, 2.45) is 5.92 Å². The van der Waals surface area contributed by atoms with Crippen LogP contribution in [0, 0.1) is 5.92 Å². The van der Waals surface area contributed by atoms with E-state index in [2.05, 4.69) is 46.9 Å². The quantitative estimate of drug-likeness (QED) is 0.754. The molecule has 1 atom stereocenters. The lowest BCUT2D eigenvalue weighted by Gasteiger charge is -2.28. The third-order valence-electron chi connectivity index (χ3n) is 3.03. The molecule has 1 saturated heterocycles. The Hall–Kier alpha value is -0.0800. The van der Waals surface area contributed by atoms with Crippen LogP contribution in [-0.2, 0) is 4.74 Å². The van der Waals surface area contributed by atoms with E-state index in [1.807, 2.05) is 0 Å². The average Bonchev–Trinajstić information content (AvgIpc) is 2.14. The number of nitrogens with one attached hydrogen (secondary N) is 1. The normalized spacial score (nSPS) is 29.8. The molecule has 1 aliphatic rings. The first-order valence-corrected chi connectivity index (χ1v) is 5.66. The number of hydrogen-bond donors (Lipinski definition) is 1. The highest BCUT2D eigenvalue weighted by Gasteiger charge is 2.45. The standard InChI is InChI=1S/C12H25NO/c1-9(2)13-8-10-7-11(3,4)14-12(10,5)6/h9-10,13H,7-8H2,1-6H3. The second-order valence-electron chi connectivity index (χ2n) is 5.93. The molecule has 0 bridgehead atoms. The summed E-state index contributed by atoms with van der Waals surface area (Å²) in [4.78, 5) is 0. The summed E-state index contributed by atoms with van der Waals surface area (Å²) < 4.78 is 6.04. The van der Waals surface area contributed by atoms with Crippen LogP contribution in [0.4, 0.5) is 0 Å². The van der Waals surface area contributed by atoms with Crippen molar-refractivity contribution in [3.63, 3.8) is 0 Å². The van der Waals surface area contributed by atoms with Crippen molar-refractivity contribution in [1.82, 2.24) is 5.32 Å². The Kier molecular flexibility index (Phi) is 3.27. The second-order valence-corrected chi connectivity index (χ2v) is 5.93. The molecule has 1 fully saturated rings. The SMILES string of the molecule is CC(C)NCC1CC(C)(C)OC1(C)C. The molecule has 0 amide bonds. The Bertz CT molecular complexity index is 196. The van der Waals surface area contributed by atoms with Gasteiger partial charge < -0.3 is 10.1 Å². The molecular formula is C12H25NO. The highest BCUT2D eigenvalue weighted by molar-refractivity contribution is 4.95. The Balaban J connectivity index is 2.53. The largest absolute Gasteiger partial charge is 0.369 e. The molecule has 1 rings (SSSR count). The zero-order valence-corrected chi connectivity index (χ0v) is 10.5. The van der Waals surface area contributed by atoms with Gasteiger partial charge in [0.15, 0.2) is 0 Å². The summed E-state index contributed by atoms with van der Waals surface area (Å²) in [6.45, 7) is 14.2. The first kappa shape index (κ1) is 12.0. The van der Waals surface area contributed by atoms with Gasteiger partial charge in [-0.1, -0.05) is 13.8 Å². The van der Waals surface area contributed by atoms with Crippen molar-refractivity contribution in [2.75, 3.05) is 6.54 Å². The molecule has 0 aromatic carbocycles. The van der Waals surface area contributed by atoms with Crippen molar-refractivity contribution >= 4 is 0 Å². The summed E-state index contributed by atoms with van der Waals surface area (Å²) in [5, 5.41) is 3.50. The topological polar surface area (TPSA) is 21.3 Å². The van der Waals surface area contributed by atoms with Crippen molar-refractivity contribution in [3.05, 3.63) is 0 Å². The Morgan fingerprint density at radius 2 is 1.86 bits per heavy atom. The van der Waals surface area contributed by atoms with Crippen LogP contribution in [0.2, 0.25) is 0 Å². The summed E-state index contributed by atoms with van der Waals surface area (Å²) in [5.41, 5.74) is 0.0677. The van der Waals surface area contributed by atoms with Crippen molar-refractivity contribution in [1.29, 1.82) is 0 Å². The monoisotopic (exact) mass is 199 g/mol. The zero-order valence-electron chi connectivity index (χ0n) is 10.5. The number of hydrogen-bond acceptors (Lipinski definition) is 2. The molecule has 0 saturated carbocycles. The molecule has 2 nitrogen and oxygen atoms in total. The lowest BCUT2D eigenvalue weighted by molar-refractivity contribution is -0.0743. The van der Waals surface area contributed by atoms with Crippen molar-refractivity contribution < 1.29 is 4.74 Å². The molecule has 1 aliphatic heterocycles. The average molecular weight is 199 g/mol. The van der Waals surface area contributed by atoms with E-state index in [9.17, 15) is 0 Å². The Morgan fingerprint density at radius 1 is 1.29 bits per heavy atom. The maximum atomic E-state index is 6.04. The molecule has 0 radical (unpaired) electrons. The highest BCUT2D eigenvalue weighted by atomic mass is 16.5. The van der Waals surface area contributed by atoms with Gasteiger partial charge in [-0.3, -0.25) is 0 Å². The van der Waals surface area contributed by atoms with Gasteiger partial charge in [-0.05, 0) is 34.1 Å². The van der Waals surface area contributed by atoms with Crippen LogP contribution in [0.1, 0.15) is 48.0 Å². The fraction of sp³-hybridized carbons (Fsp3) is 1.00. The van der Waals surface area contributed by atoms with E-state index in [-0.39, 0.29) is 11.2 Å². The zero-order chi connectivity index (χ0) is 11.0. The Morgan fingerprint density at radius 3 is 2.21 bits per heavy atom. The van der Waals surface area contributed by atoms with Crippen LogP contribution in [0.3, 0.4) is 0 Å². The third-order valence-corrected chi connectivity index (χ3v) is 3.03. The van der Waals surface area contributed by atoms with Gasteiger partial charge in [0.25, 0.3) is 0 Å². The molecule has 84 valence electrons. The predicted octanol–water partition coefficient (Wildman–Crippen LogP) is 2.58. The van der Waals surface area contributed by atoms with E-state index in [4.69, 9.17) is 4.74 Å². The first-order chi connectivity index (χ1) is 6.23. The van der Waals surface area contributed by atoms with Gasteiger partial charge in [0.1, 0.15) is 0 Å². The van der Waals surface area contributed by atoms with Gasteiger partial charge in [0, 0.05) is 18.5 Å². The number of ether oxygens (including phenoxy) is 1. The van der Waals surface area contributed by atoms with Gasteiger partial charge in [-0.15, -0.1) is 0 Å². The van der Waals surface area contributed by atoms with E-state index in [1.54, 1.807) is 0 Å². The van der Waals surface area contributed by atoms with Crippen LogP contribution in [0.15, 0.2) is 0 Å². The van der Waals surface area contributed by atoms with Gasteiger partial charge >= 0.3 is 0 Å². The summed E-state index contributed by atoms with van der Waals surface area (Å²) in [5.74, 6) is 0.625. The van der Waals surface area contributed by atoms with Crippen LogP contribution < -0.4 is 5.32 Å². The van der Waals surface area contributed by atoms with Crippen molar-refractivity contribution in [2.45, 2.75) is 65.2 Å². The highest BCUT2D eigenvalue weighted by Crippen LogP contribution is 2.41. The van der Waals surface area contributed by atoms with Crippen LogP contribution >= 0.6 is 0 Å². The molecule has 0 aromatic rings. The van der Waals surface area contributed by atoms with E-state index in [1.165, 1.54) is 0 Å². The minimum atomic E-state index is 0.0192. The maximum Gasteiger partial charge on any atom is 0.0674 e. The summed E-state index contributed by atoms with van der Waals surface area (Å²) >= 11 is 0. The van der Waals surface area contributed by atoms with E-state index >= 15 is 0 Å². The van der Waals surface area contributed by atoms with Gasteiger partial charge in [-0.2, -0.15) is 0 Å². The minimum Gasteiger partial charge on any atom is -0.369 e. The minimum absolute atomic E-state index is 0.0192. The molecule has 1 unspecified atom stereocenters. The fourth-order valence-corrected chi connectivity index (χ4v) is 2.37. The second kappa shape index (κ2) is 3.82. The smallest absolute Gasteiger partial charge is 0.0674 e. The molecule has 2 heteroatoms. The molecule has 0 aromatic heterocycles. The fourth-order valence-electron chi connectivity index (χ4n) is 2.37. The first-order valence-electron chi connectivity index (χ1n) is 5.66. The molecule has 1 N–H and O–H groups in total. The summed E-state index contributed by atoms with van der Waals surface area (Å²) in [7, 11) is 0. The number of rotatable bonds is 3. The van der Waals surface area contributed by atoms with Gasteiger partial charge in [0.2, 0.25) is 0 Å². The molecule has 0 aliphatic carbocycles. The Labute approximate surface area is 88.4 Å². The molecule has 1 heterocycles. The lowest BCUT2D eigenvalue weighted by atomic mass is 9.87. The van der Waals surface area contributed by atoms with Crippen LogP contribution in [-0.4, -0.2) is 23.8 Å². The summed E-state index contributed by atoms with van der Waals surface area (Å²) in [6.07, 6.45) is 1.15. The molecule has 14 heavy (non-hydrogen) atoms. The molecular weight excluding hydrogens is 174 g/mol. The maximum absolute atomic E-state index is 6.04. The van der Waals surface area contributed by atoms with E-state index in [0.717, 1.165) is 13.0 Å².